The van der Waals surface area contributed by atoms with Crippen molar-refractivity contribution in [3.8, 4) is 0 Å². The molecular weight excluding hydrogens is 172 g/mol. The van der Waals surface area contributed by atoms with Gasteiger partial charge in [-0.15, -0.1) is 0 Å². The van der Waals surface area contributed by atoms with Crippen LogP contribution in [-0.4, -0.2) is 0 Å². The molecule has 0 aliphatic carbocycles. The van der Waals surface area contributed by atoms with Gasteiger partial charge in [0.25, 0.3) is 0 Å². The molecule has 0 bridgehead atoms. The molecule has 0 aromatic heterocycles. The third-order valence-corrected chi connectivity index (χ3v) is 1.98. The van der Waals surface area contributed by atoms with Crippen LogP contribution in [0.4, 0.5) is 8.78 Å². The Balaban J connectivity index is 2.93. The van der Waals surface area contributed by atoms with Crippen molar-refractivity contribution in [2.45, 2.75) is 25.8 Å². The summed E-state index contributed by atoms with van der Waals surface area (Å²) in [5, 5.41) is 0. The first-order valence-electron chi connectivity index (χ1n) is 4.36. The van der Waals surface area contributed by atoms with Gasteiger partial charge >= 0.3 is 0 Å². The molecule has 0 saturated heterocycles. The first-order valence-corrected chi connectivity index (χ1v) is 4.36. The number of nitrogens with two attached hydrogens (primary N) is 1. The van der Waals surface area contributed by atoms with Crippen LogP contribution in [0.3, 0.4) is 0 Å². The highest BCUT2D eigenvalue weighted by atomic mass is 19.2. The standard InChI is InChI=1S/C10H13F2N/c1-2-4-9(13)7-5-3-6-8(11)10(7)12/h3,5-6,9H,2,4,13H2,1H3/t9-/m0/s1. The van der Waals surface area contributed by atoms with Gasteiger partial charge in [0.1, 0.15) is 0 Å². The maximum atomic E-state index is 13.1. The lowest BCUT2D eigenvalue weighted by Gasteiger charge is -2.11. The van der Waals surface area contributed by atoms with E-state index < -0.39 is 17.7 Å². The quantitative estimate of drug-likeness (QED) is 0.769. The highest BCUT2D eigenvalue weighted by Crippen LogP contribution is 2.20. The van der Waals surface area contributed by atoms with Gasteiger partial charge in [0.15, 0.2) is 11.6 Å². The Morgan fingerprint density at radius 2 is 2.08 bits per heavy atom. The van der Waals surface area contributed by atoms with E-state index in [0.29, 0.717) is 6.42 Å². The molecule has 0 spiro atoms. The molecule has 0 saturated carbocycles. The number of hydrogen-bond donors (Lipinski definition) is 1. The second kappa shape index (κ2) is 4.33. The molecule has 0 aliphatic heterocycles. The Labute approximate surface area is 76.6 Å². The lowest BCUT2D eigenvalue weighted by molar-refractivity contribution is 0.482. The molecular formula is C10H13F2N. The van der Waals surface area contributed by atoms with Gasteiger partial charge in [0, 0.05) is 11.6 Å². The molecule has 0 aliphatic rings. The number of hydrogen-bond acceptors (Lipinski definition) is 1. The van der Waals surface area contributed by atoms with Crippen molar-refractivity contribution in [3.05, 3.63) is 35.4 Å². The van der Waals surface area contributed by atoms with E-state index in [2.05, 4.69) is 0 Å². The molecule has 1 atom stereocenters. The summed E-state index contributed by atoms with van der Waals surface area (Å²) < 4.78 is 25.9. The summed E-state index contributed by atoms with van der Waals surface area (Å²) in [6.45, 7) is 1.96. The minimum Gasteiger partial charge on any atom is -0.324 e. The SMILES string of the molecule is CCC[C@H](N)c1cccc(F)c1F. The van der Waals surface area contributed by atoms with Crippen LogP contribution in [-0.2, 0) is 0 Å². The molecule has 72 valence electrons. The van der Waals surface area contributed by atoms with Crippen molar-refractivity contribution in [1.82, 2.24) is 0 Å². The lowest BCUT2D eigenvalue weighted by atomic mass is 10.0. The highest BCUT2D eigenvalue weighted by molar-refractivity contribution is 5.22. The summed E-state index contributed by atoms with van der Waals surface area (Å²) in [4.78, 5) is 0. The van der Waals surface area contributed by atoms with Gasteiger partial charge in [-0.2, -0.15) is 0 Å². The van der Waals surface area contributed by atoms with Gasteiger partial charge in [-0.25, -0.2) is 8.78 Å². The molecule has 1 rings (SSSR count). The first kappa shape index (κ1) is 10.1. The first-order chi connectivity index (χ1) is 6.16. The Bertz CT molecular complexity index is 286. The molecule has 1 aromatic carbocycles. The molecule has 0 fully saturated rings. The predicted molar refractivity (Wildman–Crippen MR) is 48.2 cm³/mol. The largest absolute Gasteiger partial charge is 0.324 e. The summed E-state index contributed by atoms with van der Waals surface area (Å²) in [6.07, 6.45) is 1.53. The van der Waals surface area contributed by atoms with E-state index in [-0.39, 0.29) is 5.56 Å². The summed E-state index contributed by atoms with van der Waals surface area (Å²) in [5.41, 5.74) is 5.93. The molecule has 1 aromatic rings. The van der Waals surface area contributed by atoms with Crippen LogP contribution in [0.15, 0.2) is 18.2 Å². The summed E-state index contributed by atoms with van der Waals surface area (Å²) in [6, 6.07) is 3.69. The monoisotopic (exact) mass is 185 g/mol. The van der Waals surface area contributed by atoms with Gasteiger partial charge in [0.2, 0.25) is 0 Å². The smallest absolute Gasteiger partial charge is 0.163 e. The average Bonchev–Trinajstić information content (AvgIpc) is 2.10. The molecule has 2 N–H and O–H groups in total. The molecule has 0 radical (unpaired) electrons. The van der Waals surface area contributed by atoms with E-state index in [4.69, 9.17) is 5.73 Å². The summed E-state index contributed by atoms with van der Waals surface area (Å²) in [5.74, 6) is -1.65. The Morgan fingerprint density at radius 3 is 2.69 bits per heavy atom. The maximum absolute atomic E-state index is 13.1. The molecule has 0 amide bonds. The molecule has 13 heavy (non-hydrogen) atoms. The van der Waals surface area contributed by atoms with Crippen LogP contribution in [0.2, 0.25) is 0 Å². The second-order valence-electron chi connectivity index (χ2n) is 3.04. The predicted octanol–water partition coefficient (Wildman–Crippen LogP) is 2.76. The highest BCUT2D eigenvalue weighted by Gasteiger charge is 2.13. The van der Waals surface area contributed by atoms with Crippen LogP contribution >= 0.6 is 0 Å². The zero-order valence-electron chi connectivity index (χ0n) is 7.56. The van der Waals surface area contributed by atoms with Crippen LogP contribution in [0.1, 0.15) is 31.4 Å². The van der Waals surface area contributed by atoms with E-state index in [1.54, 1.807) is 0 Å². The Hall–Kier alpha value is -0.960. The minimum atomic E-state index is -0.830. The average molecular weight is 185 g/mol. The van der Waals surface area contributed by atoms with E-state index in [0.717, 1.165) is 12.5 Å². The molecule has 3 heteroatoms. The molecule has 1 nitrogen and oxygen atoms in total. The Kier molecular flexibility index (Phi) is 3.37. The number of benzene rings is 1. The lowest BCUT2D eigenvalue weighted by Crippen LogP contribution is -2.12. The van der Waals surface area contributed by atoms with E-state index in [1.165, 1.54) is 12.1 Å². The van der Waals surface area contributed by atoms with Gasteiger partial charge in [0.05, 0.1) is 0 Å². The fraction of sp³-hybridized carbons (Fsp3) is 0.400. The van der Waals surface area contributed by atoms with E-state index in [1.807, 2.05) is 6.92 Å². The van der Waals surface area contributed by atoms with Crippen molar-refractivity contribution in [2.24, 2.45) is 5.73 Å². The summed E-state index contributed by atoms with van der Waals surface area (Å²) >= 11 is 0. The minimum absolute atomic E-state index is 0.266. The Morgan fingerprint density at radius 1 is 1.38 bits per heavy atom. The van der Waals surface area contributed by atoms with Crippen LogP contribution < -0.4 is 5.73 Å². The molecule has 0 unspecified atom stereocenters. The topological polar surface area (TPSA) is 26.0 Å². The van der Waals surface area contributed by atoms with Crippen molar-refractivity contribution in [2.75, 3.05) is 0 Å². The van der Waals surface area contributed by atoms with Crippen LogP contribution in [0, 0.1) is 11.6 Å². The fourth-order valence-electron chi connectivity index (χ4n) is 1.27. The van der Waals surface area contributed by atoms with Gasteiger partial charge in [-0.1, -0.05) is 25.5 Å². The van der Waals surface area contributed by atoms with Crippen molar-refractivity contribution < 1.29 is 8.78 Å². The second-order valence-corrected chi connectivity index (χ2v) is 3.04. The van der Waals surface area contributed by atoms with Crippen molar-refractivity contribution >= 4 is 0 Å². The third kappa shape index (κ3) is 2.25. The van der Waals surface area contributed by atoms with Crippen LogP contribution in [0.5, 0.6) is 0 Å². The van der Waals surface area contributed by atoms with Gasteiger partial charge in [-0.05, 0) is 12.5 Å². The summed E-state index contributed by atoms with van der Waals surface area (Å²) in [7, 11) is 0. The zero-order valence-corrected chi connectivity index (χ0v) is 7.56. The number of rotatable bonds is 3. The normalized spacial score (nSPS) is 12.9. The molecule has 0 heterocycles. The van der Waals surface area contributed by atoms with Gasteiger partial charge < -0.3 is 5.73 Å². The third-order valence-electron chi connectivity index (χ3n) is 1.98. The van der Waals surface area contributed by atoms with E-state index >= 15 is 0 Å². The number of halogens is 2. The van der Waals surface area contributed by atoms with Crippen LogP contribution in [0.25, 0.3) is 0 Å². The van der Waals surface area contributed by atoms with Crippen molar-refractivity contribution in [1.29, 1.82) is 0 Å². The maximum Gasteiger partial charge on any atom is 0.163 e. The zero-order chi connectivity index (χ0) is 9.84. The fourth-order valence-corrected chi connectivity index (χ4v) is 1.27. The van der Waals surface area contributed by atoms with Crippen molar-refractivity contribution in [3.63, 3.8) is 0 Å². The van der Waals surface area contributed by atoms with Gasteiger partial charge in [-0.3, -0.25) is 0 Å². The van der Waals surface area contributed by atoms with E-state index in [9.17, 15) is 8.78 Å².